The third-order valence-electron chi connectivity index (χ3n) is 2.93. The molecular formula is C14H29NO4S. The molecule has 0 aliphatic carbocycles. The Morgan fingerprint density at radius 3 is 1.80 bits per heavy atom. The van der Waals surface area contributed by atoms with E-state index in [4.69, 9.17) is 36.9 Å². The number of thiocarbonyl (C=S) groups is 1. The molecule has 0 aliphatic heterocycles. The Morgan fingerprint density at radius 2 is 1.35 bits per heavy atom. The van der Waals surface area contributed by atoms with Crippen LogP contribution in [-0.4, -0.2) is 58.3 Å². The topological polar surface area (TPSA) is 62.9 Å². The van der Waals surface area contributed by atoms with E-state index in [-0.39, 0.29) is 5.41 Å². The van der Waals surface area contributed by atoms with Gasteiger partial charge in [-0.3, -0.25) is 0 Å². The first kappa shape index (κ1) is 19.7. The van der Waals surface area contributed by atoms with Crippen molar-refractivity contribution in [1.82, 2.24) is 0 Å². The summed E-state index contributed by atoms with van der Waals surface area (Å²) in [6.07, 6.45) is 1.89. The monoisotopic (exact) mass is 307 g/mol. The third kappa shape index (κ3) is 11.5. The van der Waals surface area contributed by atoms with Gasteiger partial charge >= 0.3 is 0 Å². The Morgan fingerprint density at radius 1 is 0.900 bits per heavy atom. The number of nitrogens with two attached hydrogens (primary N) is 1. The van der Waals surface area contributed by atoms with Crippen LogP contribution in [0.1, 0.15) is 26.7 Å². The number of rotatable bonds is 14. The SMILES string of the molecule is COCCOCCOCCOCCCC(C)(C)C(N)=S. The molecule has 0 saturated carbocycles. The van der Waals surface area contributed by atoms with Crippen LogP contribution >= 0.6 is 12.2 Å². The molecule has 120 valence electrons. The van der Waals surface area contributed by atoms with E-state index in [1.807, 2.05) is 0 Å². The van der Waals surface area contributed by atoms with Crippen LogP contribution in [0.15, 0.2) is 0 Å². The third-order valence-corrected chi connectivity index (χ3v) is 3.49. The second kappa shape index (κ2) is 12.5. The highest BCUT2D eigenvalue weighted by Crippen LogP contribution is 2.22. The molecule has 0 aromatic heterocycles. The van der Waals surface area contributed by atoms with Crippen LogP contribution in [-0.2, 0) is 18.9 Å². The lowest BCUT2D eigenvalue weighted by Gasteiger charge is -2.22. The summed E-state index contributed by atoms with van der Waals surface area (Å²) >= 11 is 5.02. The van der Waals surface area contributed by atoms with Crippen molar-refractivity contribution in [2.24, 2.45) is 11.1 Å². The lowest BCUT2D eigenvalue weighted by molar-refractivity contribution is 0.00287. The molecule has 20 heavy (non-hydrogen) atoms. The van der Waals surface area contributed by atoms with Gasteiger partial charge in [-0.1, -0.05) is 26.1 Å². The van der Waals surface area contributed by atoms with Gasteiger partial charge in [0.05, 0.1) is 44.6 Å². The van der Waals surface area contributed by atoms with Gasteiger partial charge in [-0.25, -0.2) is 0 Å². The van der Waals surface area contributed by atoms with Gasteiger partial charge in [0.2, 0.25) is 0 Å². The number of ether oxygens (including phenoxy) is 4. The second-order valence-corrected chi connectivity index (χ2v) is 5.62. The second-order valence-electron chi connectivity index (χ2n) is 5.18. The molecule has 0 saturated heterocycles. The molecule has 0 aliphatic rings. The van der Waals surface area contributed by atoms with Crippen LogP contribution in [0.5, 0.6) is 0 Å². The molecule has 0 radical (unpaired) electrons. The molecule has 0 bridgehead atoms. The summed E-state index contributed by atoms with van der Waals surface area (Å²) in [6, 6.07) is 0. The molecule has 0 heterocycles. The summed E-state index contributed by atoms with van der Waals surface area (Å²) in [5.41, 5.74) is 5.57. The lowest BCUT2D eigenvalue weighted by atomic mass is 9.88. The minimum atomic E-state index is -0.0886. The van der Waals surface area contributed by atoms with E-state index in [1.54, 1.807) is 7.11 Å². The fourth-order valence-corrected chi connectivity index (χ4v) is 1.53. The van der Waals surface area contributed by atoms with Crippen LogP contribution < -0.4 is 5.73 Å². The Kier molecular flexibility index (Phi) is 12.3. The minimum Gasteiger partial charge on any atom is -0.393 e. The summed E-state index contributed by atoms with van der Waals surface area (Å²) in [5.74, 6) is 0. The number of methoxy groups -OCH3 is 1. The molecule has 6 heteroatoms. The molecule has 0 aromatic rings. The zero-order valence-electron chi connectivity index (χ0n) is 13.0. The van der Waals surface area contributed by atoms with Crippen LogP contribution in [0, 0.1) is 5.41 Å². The van der Waals surface area contributed by atoms with Gasteiger partial charge in [0.15, 0.2) is 0 Å². The average molecular weight is 307 g/mol. The van der Waals surface area contributed by atoms with Gasteiger partial charge in [-0.15, -0.1) is 0 Å². The maximum absolute atomic E-state index is 5.66. The van der Waals surface area contributed by atoms with E-state index in [2.05, 4.69) is 13.8 Å². The van der Waals surface area contributed by atoms with Crippen LogP contribution in [0.2, 0.25) is 0 Å². The van der Waals surface area contributed by atoms with E-state index in [0.717, 1.165) is 12.8 Å². The van der Waals surface area contributed by atoms with E-state index in [0.29, 0.717) is 51.2 Å². The molecule has 0 aromatic carbocycles. The minimum absolute atomic E-state index is 0.0886. The molecular weight excluding hydrogens is 278 g/mol. The van der Waals surface area contributed by atoms with E-state index >= 15 is 0 Å². The normalized spacial score (nSPS) is 11.8. The highest BCUT2D eigenvalue weighted by Gasteiger charge is 2.20. The van der Waals surface area contributed by atoms with Gasteiger partial charge in [0, 0.05) is 19.1 Å². The predicted octanol–water partition coefficient (Wildman–Crippen LogP) is 1.78. The molecule has 0 amide bonds. The quantitative estimate of drug-likeness (QED) is 0.390. The van der Waals surface area contributed by atoms with Crippen LogP contribution in [0.3, 0.4) is 0 Å². The van der Waals surface area contributed by atoms with Gasteiger partial charge in [0.1, 0.15) is 0 Å². The fourth-order valence-electron chi connectivity index (χ4n) is 1.42. The first-order valence-electron chi connectivity index (χ1n) is 7.03. The molecule has 5 nitrogen and oxygen atoms in total. The Bertz CT molecular complexity index is 249. The average Bonchev–Trinajstić information content (AvgIpc) is 2.39. The summed E-state index contributed by atoms with van der Waals surface area (Å²) in [7, 11) is 1.65. The largest absolute Gasteiger partial charge is 0.393 e. The van der Waals surface area contributed by atoms with Crippen LogP contribution in [0.25, 0.3) is 0 Å². The molecule has 0 spiro atoms. The Labute approximate surface area is 128 Å². The highest BCUT2D eigenvalue weighted by atomic mass is 32.1. The van der Waals surface area contributed by atoms with Crippen molar-refractivity contribution in [3.8, 4) is 0 Å². The van der Waals surface area contributed by atoms with E-state index < -0.39 is 0 Å². The van der Waals surface area contributed by atoms with E-state index in [1.165, 1.54) is 0 Å². The van der Waals surface area contributed by atoms with Crippen molar-refractivity contribution in [1.29, 1.82) is 0 Å². The molecule has 0 atom stereocenters. The van der Waals surface area contributed by atoms with Gasteiger partial charge in [-0.05, 0) is 12.8 Å². The Balaban J connectivity index is 3.19. The lowest BCUT2D eigenvalue weighted by Crippen LogP contribution is -2.29. The first-order chi connectivity index (χ1) is 9.50. The van der Waals surface area contributed by atoms with Crippen molar-refractivity contribution in [3.63, 3.8) is 0 Å². The Hall–Kier alpha value is -0.270. The fraction of sp³-hybridized carbons (Fsp3) is 0.929. The summed E-state index contributed by atoms with van der Waals surface area (Å²) in [4.78, 5) is 0.564. The maximum Gasteiger partial charge on any atom is 0.0784 e. The summed E-state index contributed by atoms with van der Waals surface area (Å²) < 4.78 is 21.0. The smallest absolute Gasteiger partial charge is 0.0784 e. The maximum atomic E-state index is 5.66. The molecule has 2 N–H and O–H groups in total. The van der Waals surface area contributed by atoms with Gasteiger partial charge in [0.25, 0.3) is 0 Å². The van der Waals surface area contributed by atoms with Gasteiger partial charge < -0.3 is 24.7 Å². The van der Waals surface area contributed by atoms with Crippen molar-refractivity contribution in [2.45, 2.75) is 26.7 Å². The molecule has 0 unspecified atom stereocenters. The summed E-state index contributed by atoms with van der Waals surface area (Å²) in [5, 5.41) is 0. The highest BCUT2D eigenvalue weighted by molar-refractivity contribution is 7.80. The first-order valence-corrected chi connectivity index (χ1v) is 7.43. The zero-order valence-corrected chi connectivity index (χ0v) is 13.8. The van der Waals surface area contributed by atoms with Crippen molar-refractivity contribution in [3.05, 3.63) is 0 Å². The number of hydrogen-bond donors (Lipinski definition) is 1. The van der Waals surface area contributed by atoms with Crippen molar-refractivity contribution >= 4 is 17.2 Å². The van der Waals surface area contributed by atoms with Crippen molar-refractivity contribution < 1.29 is 18.9 Å². The summed E-state index contributed by atoms with van der Waals surface area (Å²) in [6.45, 7) is 8.41. The van der Waals surface area contributed by atoms with E-state index in [9.17, 15) is 0 Å². The van der Waals surface area contributed by atoms with Crippen molar-refractivity contribution in [2.75, 3.05) is 53.4 Å². The number of hydrogen-bond acceptors (Lipinski definition) is 5. The van der Waals surface area contributed by atoms with Crippen LogP contribution in [0.4, 0.5) is 0 Å². The molecule has 0 fully saturated rings. The zero-order chi connectivity index (χ0) is 15.3. The van der Waals surface area contributed by atoms with Gasteiger partial charge in [-0.2, -0.15) is 0 Å². The molecule has 0 rings (SSSR count). The predicted molar refractivity (Wildman–Crippen MR) is 84.1 cm³/mol. The standard InChI is InChI=1S/C14H29NO4S/c1-14(2,13(15)20)5-4-6-17-9-10-19-12-11-18-8-7-16-3/h4-12H2,1-3H3,(H2,15,20).